The molecule has 1 unspecified atom stereocenters. The summed E-state index contributed by atoms with van der Waals surface area (Å²) in [5.74, 6) is 1.65. The van der Waals surface area contributed by atoms with Crippen molar-refractivity contribution in [2.24, 2.45) is 5.73 Å². The topological polar surface area (TPSA) is 131 Å². The maximum atomic E-state index is 9.87. The van der Waals surface area contributed by atoms with Gasteiger partial charge in [0, 0.05) is 36.1 Å². The molecule has 0 saturated carbocycles. The van der Waals surface area contributed by atoms with Crippen molar-refractivity contribution in [3.8, 4) is 40.3 Å². The number of hydrogen-bond donors (Lipinski definition) is 2. The van der Waals surface area contributed by atoms with Crippen LogP contribution in [0.5, 0.6) is 11.6 Å². The van der Waals surface area contributed by atoms with Crippen LogP contribution in [0.1, 0.15) is 23.1 Å². The molecule has 0 radical (unpaired) electrons. The van der Waals surface area contributed by atoms with E-state index < -0.39 is 6.10 Å². The number of aliphatic hydroxyl groups is 1. The molecule has 32 heavy (non-hydrogen) atoms. The van der Waals surface area contributed by atoms with Crippen molar-refractivity contribution in [1.82, 2.24) is 19.9 Å². The highest BCUT2D eigenvalue weighted by Gasteiger charge is 2.15. The van der Waals surface area contributed by atoms with Gasteiger partial charge in [0.1, 0.15) is 11.6 Å². The van der Waals surface area contributed by atoms with E-state index in [1.807, 2.05) is 30.3 Å². The number of ether oxygens (including phenoxy) is 1. The normalized spacial score (nSPS) is 11.6. The molecule has 8 heteroatoms. The Labute approximate surface area is 185 Å². The highest BCUT2D eigenvalue weighted by atomic mass is 16.5. The van der Waals surface area contributed by atoms with Crippen LogP contribution < -0.4 is 10.5 Å². The zero-order valence-electron chi connectivity index (χ0n) is 17.3. The standard InChI is InChI=1S/C24H20N6O2/c1-15-29-20(17-5-3-2-4-6-17)10-23(30-15)32-22-9-16(11-25)7-8-19(22)24-27-13-18(14-28-24)21(31)12-26/h2-10,13-14,21,31H,12,26H2,1H3. The molecule has 0 aliphatic carbocycles. The molecule has 0 bridgehead atoms. The van der Waals surface area contributed by atoms with Crippen LogP contribution in [0.4, 0.5) is 0 Å². The Morgan fingerprint density at radius 2 is 1.81 bits per heavy atom. The van der Waals surface area contributed by atoms with Gasteiger partial charge in [0.05, 0.1) is 29.0 Å². The minimum Gasteiger partial charge on any atom is -0.438 e. The quantitative estimate of drug-likeness (QED) is 0.480. The Bertz CT molecular complexity index is 1270. The van der Waals surface area contributed by atoms with Crippen LogP contribution in [-0.4, -0.2) is 31.6 Å². The summed E-state index contributed by atoms with van der Waals surface area (Å²) in [7, 11) is 0. The monoisotopic (exact) mass is 424 g/mol. The fourth-order valence-corrected chi connectivity index (χ4v) is 3.11. The fraction of sp³-hybridized carbons (Fsp3) is 0.125. The minimum absolute atomic E-state index is 0.0742. The molecule has 0 spiro atoms. The lowest BCUT2D eigenvalue weighted by atomic mass is 10.1. The lowest BCUT2D eigenvalue weighted by Gasteiger charge is -2.12. The smallest absolute Gasteiger partial charge is 0.223 e. The van der Waals surface area contributed by atoms with E-state index in [1.165, 1.54) is 12.4 Å². The average Bonchev–Trinajstić information content (AvgIpc) is 2.84. The number of benzene rings is 2. The van der Waals surface area contributed by atoms with E-state index in [0.29, 0.717) is 40.0 Å². The molecule has 2 aromatic carbocycles. The van der Waals surface area contributed by atoms with Gasteiger partial charge in [-0.05, 0) is 25.1 Å². The van der Waals surface area contributed by atoms with Crippen LogP contribution >= 0.6 is 0 Å². The summed E-state index contributed by atoms with van der Waals surface area (Å²) >= 11 is 0. The lowest BCUT2D eigenvalue weighted by molar-refractivity contribution is 0.186. The van der Waals surface area contributed by atoms with Crippen LogP contribution in [0.25, 0.3) is 22.6 Å². The van der Waals surface area contributed by atoms with E-state index in [-0.39, 0.29) is 6.54 Å². The van der Waals surface area contributed by atoms with E-state index in [0.717, 1.165) is 11.3 Å². The summed E-state index contributed by atoms with van der Waals surface area (Å²) in [6, 6.07) is 18.6. The van der Waals surface area contributed by atoms with Crippen molar-refractivity contribution >= 4 is 0 Å². The van der Waals surface area contributed by atoms with Gasteiger partial charge in [-0.1, -0.05) is 30.3 Å². The highest BCUT2D eigenvalue weighted by Crippen LogP contribution is 2.33. The van der Waals surface area contributed by atoms with Gasteiger partial charge in [-0.2, -0.15) is 10.2 Å². The molecule has 2 heterocycles. The lowest BCUT2D eigenvalue weighted by Crippen LogP contribution is -2.12. The molecule has 158 valence electrons. The van der Waals surface area contributed by atoms with Crippen molar-refractivity contribution in [2.75, 3.05) is 6.54 Å². The second kappa shape index (κ2) is 9.31. The van der Waals surface area contributed by atoms with Gasteiger partial charge in [0.25, 0.3) is 0 Å². The first-order valence-corrected chi connectivity index (χ1v) is 9.91. The molecule has 8 nitrogen and oxygen atoms in total. The first-order valence-electron chi connectivity index (χ1n) is 9.91. The van der Waals surface area contributed by atoms with Gasteiger partial charge in [-0.3, -0.25) is 0 Å². The third kappa shape index (κ3) is 4.59. The SMILES string of the molecule is Cc1nc(Oc2cc(C#N)ccc2-c2ncc(C(O)CN)cn2)cc(-c2ccccc2)n1. The van der Waals surface area contributed by atoms with Gasteiger partial charge in [-0.25, -0.2) is 15.0 Å². The maximum absolute atomic E-state index is 9.87. The second-order valence-corrected chi connectivity index (χ2v) is 7.02. The summed E-state index contributed by atoms with van der Waals surface area (Å²) in [6.45, 7) is 1.86. The first kappa shape index (κ1) is 21.1. The third-order valence-corrected chi connectivity index (χ3v) is 4.73. The number of nitriles is 1. The minimum atomic E-state index is -0.832. The molecule has 0 aliphatic heterocycles. The molecule has 0 aliphatic rings. The molecular formula is C24H20N6O2. The number of rotatable bonds is 6. The molecule has 4 aromatic rings. The Morgan fingerprint density at radius 1 is 1.06 bits per heavy atom. The van der Waals surface area contributed by atoms with Crippen molar-refractivity contribution in [2.45, 2.75) is 13.0 Å². The van der Waals surface area contributed by atoms with Crippen molar-refractivity contribution in [3.05, 3.63) is 83.9 Å². The summed E-state index contributed by atoms with van der Waals surface area (Å²) < 4.78 is 6.10. The van der Waals surface area contributed by atoms with E-state index in [1.54, 1.807) is 31.2 Å². The third-order valence-electron chi connectivity index (χ3n) is 4.73. The average molecular weight is 424 g/mol. The molecule has 0 amide bonds. The molecule has 2 aromatic heterocycles. The molecule has 4 rings (SSSR count). The zero-order valence-corrected chi connectivity index (χ0v) is 17.3. The number of nitrogens with zero attached hydrogens (tertiary/aromatic N) is 5. The Balaban J connectivity index is 1.73. The van der Waals surface area contributed by atoms with Gasteiger partial charge in [0.15, 0.2) is 5.82 Å². The van der Waals surface area contributed by atoms with Crippen molar-refractivity contribution in [3.63, 3.8) is 0 Å². The van der Waals surface area contributed by atoms with Crippen LogP contribution in [-0.2, 0) is 0 Å². The van der Waals surface area contributed by atoms with Crippen LogP contribution in [0, 0.1) is 18.3 Å². The summed E-state index contributed by atoms with van der Waals surface area (Å²) in [6.07, 6.45) is 2.20. The number of aromatic nitrogens is 4. The number of aliphatic hydroxyl groups excluding tert-OH is 1. The van der Waals surface area contributed by atoms with Crippen LogP contribution in [0.3, 0.4) is 0 Å². The molecule has 3 N–H and O–H groups in total. The number of hydrogen-bond acceptors (Lipinski definition) is 8. The maximum Gasteiger partial charge on any atom is 0.223 e. The van der Waals surface area contributed by atoms with Gasteiger partial charge < -0.3 is 15.6 Å². The van der Waals surface area contributed by atoms with Crippen molar-refractivity contribution in [1.29, 1.82) is 5.26 Å². The Morgan fingerprint density at radius 3 is 2.50 bits per heavy atom. The van der Waals surface area contributed by atoms with E-state index in [2.05, 4.69) is 26.0 Å². The predicted molar refractivity (Wildman–Crippen MR) is 118 cm³/mol. The Hall–Kier alpha value is -4.19. The molecule has 0 fully saturated rings. The molecule has 1 atom stereocenters. The van der Waals surface area contributed by atoms with Gasteiger partial charge in [0.2, 0.25) is 5.88 Å². The van der Waals surface area contributed by atoms with Crippen molar-refractivity contribution < 1.29 is 9.84 Å². The van der Waals surface area contributed by atoms with Gasteiger partial charge in [-0.15, -0.1) is 0 Å². The van der Waals surface area contributed by atoms with Crippen LogP contribution in [0.2, 0.25) is 0 Å². The summed E-state index contributed by atoms with van der Waals surface area (Å²) in [4.78, 5) is 17.6. The second-order valence-electron chi connectivity index (χ2n) is 7.02. The zero-order chi connectivity index (χ0) is 22.5. The number of aryl methyl sites for hydroxylation is 1. The highest BCUT2D eigenvalue weighted by molar-refractivity contribution is 5.67. The van der Waals surface area contributed by atoms with Gasteiger partial charge >= 0.3 is 0 Å². The molecule has 0 saturated heterocycles. The number of nitrogens with two attached hydrogens (primary N) is 1. The summed E-state index contributed by atoms with van der Waals surface area (Å²) in [5.41, 5.74) is 8.68. The fourth-order valence-electron chi connectivity index (χ4n) is 3.11. The summed E-state index contributed by atoms with van der Waals surface area (Å²) in [5, 5.41) is 19.2. The first-order chi connectivity index (χ1) is 15.6. The molecular weight excluding hydrogens is 404 g/mol. The Kier molecular flexibility index (Phi) is 6.12. The van der Waals surface area contributed by atoms with E-state index in [9.17, 15) is 10.4 Å². The van der Waals surface area contributed by atoms with Crippen LogP contribution in [0.15, 0.2) is 67.0 Å². The van der Waals surface area contributed by atoms with E-state index >= 15 is 0 Å². The predicted octanol–water partition coefficient (Wildman–Crippen LogP) is 3.57. The van der Waals surface area contributed by atoms with E-state index in [4.69, 9.17) is 10.5 Å². The largest absolute Gasteiger partial charge is 0.438 e.